The van der Waals surface area contributed by atoms with Gasteiger partial charge in [0.25, 0.3) is 0 Å². The summed E-state index contributed by atoms with van der Waals surface area (Å²) in [6.45, 7) is 12.2. The van der Waals surface area contributed by atoms with Crippen molar-refractivity contribution in [1.29, 1.82) is 0 Å². The smallest absolute Gasteiger partial charge is 0.228 e. The SMILES string of the molecule is CC(C)N(CCCC(CCN1CC2CCC1CC2)(C(N)=O)c1ccccc1)C(C)C. The van der Waals surface area contributed by atoms with Crippen LogP contribution in [0.5, 0.6) is 0 Å². The zero-order valence-corrected chi connectivity index (χ0v) is 19.6. The quantitative estimate of drug-likeness (QED) is 0.578. The maximum absolute atomic E-state index is 13.0. The van der Waals surface area contributed by atoms with Gasteiger partial charge in [-0.25, -0.2) is 0 Å². The highest BCUT2D eigenvalue weighted by Crippen LogP contribution is 2.38. The van der Waals surface area contributed by atoms with Crippen LogP contribution in [0.3, 0.4) is 0 Å². The molecule has 30 heavy (non-hydrogen) atoms. The molecule has 2 heterocycles. The van der Waals surface area contributed by atoms with E-state index in [4.69, 9.17) is 5.73 Å². The van der Waals surface area contributed by atoms with Crippen molar-refractivity contribution in [2.45, 2.75) is 96.2 Å². The highest BCUT2D eigenvalue weighted by molar-refractivity contribution is 5.86. The van der Waals surface area contributed by atoms with Crippen molar-refractivity contribution < 1.29 is 4.79 Å². The van der Waals surface area contributed by atoms with Gasteiger partial charge in [0.1, 0.15) is 0 Å². The molecule has 4 heteroatoms. The summed E-state index contributed by atoms with van der Waals surface area (Å²) in [5, 5.41) is 0. The largest absolute Gasteiger partial charge is 0.369 e. The van der Waals surface area contributed by atoms with Gasteiger partial charge in [0.2, 0.25) is 5.91 Å². The second-order valence-electron chi connectivity index (χ2n) is 10.3. The van der Waals surface area contributed by atoms with Gasteiger partial charge in [0.15, 0.2) is 0 Å². The Morgan fingerprint density at radius 2 is 1.70 bits per heavy atom. The van der Waals surface area contributed by atoms with E-state index in [1.54, 1.807) is 0 Å². The third kappa shape index (κ3) is 5.26. The van der Waals surface area contributed by atoms with Gasteiger partial charge < -0.3 is 10.6 Å². The summed E-state index contributed by atoms with van der Waals surface area (Å²) in [6.07, 6.45) is 8.08. The first-order valence-corrected chi connectivity index (χ1v) is 12.2. The van der Waals surface area contributed by atoms with Crippen LogP contribution >= 0.6 is 0 Å². The van der Waals surface area contributed by atoms with Crippen molar-refractivity contribution in [2.24, 2.45) is 11.7 Å². The topological polar surface area (TPSA) is 49.6 Å². The van der Waals surface area contributed by atoms with E-state index in [2.05, 4.69) is 49.6 Å². The maximum Gasteiger partial charge on any atom is 0.228 e. The van der Waals surface area contributed by atoms with E-state index in [9.17, 15) is 4.79 Å². The zero-order valence-electron chi connectivity index (χ0n) is 19.6. The number of piperidine rings is 2. The molecule has 0 aromatic heterocycles. The van der Waals surface area contributed by atoms with Gasteiger partial charge in [-0.05, 0) is 97.2 Å². The molecule has 1 amide bonds. The number of nitrogens with zero attached hydrogens (tertiary/aromatic N) is 2. The number of fused-ring (bicyclic) bond motifs is 3. The first-order valence-electron chi connectivity index (χ1n) is 12.2. The molecule has 2 saturated heterocycles. The summed E-state index contributed by atoms with van der Waals surface area (Å²) in [6, 6.07) is 12.1. The molecule has 1 unspecified atom stereocenters. The molecule has 3 fully saturated rings. The van der Waals surface area contributed by atoms with E-state index in [0.29, 0.717) is 18.1 Å². The van der Waals surface area contributed by atoms with Crippen molar-refractivity contribution in [1.82, 2.24) is 9.80 Å². The summed E-state index contributed by atoms with van der Waals surface area (Å²) >= 11 is 0. The lowest BCUT2D eigenvalue weighted by Gasteiger charge is -2.46. The van der Waals surface area contributed by atoms with Crippen LogP contribution in [0.4, 0.5) is 0 Å². The average molecular weight is 414 g/mol. The summed E-state index contributed by atoms with van der Waals surface area (Å²) in [5.74, 6) is 0.705. The number of nitrogens with two attached hydrogens (primary N) is 1. The normalized spacial score (nSPS) is 24.0. The van der Waals surface area contributed by atoms with Crippen LogP contribution in [-0.2, 0) is 10.2 Å². The van der Waals surface area contributed by atoms with Gasteiger partial charge in [-0.3, -0.25) is 9.69 Å². The average Bonchev–Trinajstić information content (AvgIpc) is 2.74. The molecule has 2 bridgehead atoms. The second-order valence-corrected chi connectivity index (χ2v) is 10.3. The molecule has 2 aliphatic heterocycles. The molecular weight excluding hydrogens is 370 g/mol. The van der Waals surface area contributed by atoms with Crippen molar-refractivity contribution >= 4 is 5.91 Å². The molecule has 0 radical (unpaired) electrons. The molecule has 1 aromatic rings. The number of carbonyl (C=O) groups is 1. The lowest BCUT2D eigenvalue weighted by molar-refractivity contribution is -0.124. The van der Waals surface area contributed by atoms with E-state index in [1.807, 2.05) is 18.2 Å². The lowest BCUT2D eigenvalue weighted by atomic mass is 9.72. The molecule has 1 atom stereocenters. The van der Waals surface area contributed by atoms with E-state index < -0.39 is 5.41 Å². The molecule has 4 nitrogen and oxygen atoms in total. The third-order valence-corrected chi connectivity index (χ3v) is 7.80. The number of hydrogen-bond acceptors (Lipinski definition) is 3. The minimum Gasteiger partial charge on any atom is -0.369 e. The Labute approximate surface area is 184 Å². The zero-order chi connectivity index (χ0) is 21.7. The monoisotopic (exact) mass is 413 g/mol. The van der Waals surface area contributed by atoms with Gasteiger partial charge in [-0.1, -0.05) is 30.3 Å². The van der Waals surface area contributed by atoms with Crippen LogP contribution in [0.2, 0.25) is 0 Å². The van der Waals surface area contributed by atoms with Crippen LogP contribution in [0.1, 0.15) is 78.2 Å². The number of rotatable bonds is 11. The van der Waals surface area contributed by atoms with Crippen LogP contribution in [-0.4, -0.2) is 53.5 Å². The molecule has 0 spiro atoms. The minimum absolute atomic E-state index is 0.156. The predicted molar refractivity (Wildman–Crippen MR) is 125 cm³/mol. The Balaban J connectivity index is 1.75. The summed E-state index contributed by atoms with van der Waals surface area (Å²) in [7, 11) is 0. The second kappa shape index (κ2) is 10.3. The molecule has 3 aliphatic rings. The van der Waals surface area contributed by atoms with Crippen LogP contribution in [0.15, 0.2) is 30.3 Å². The van der Waals surface area contributed by atoms with Gasteiger partial charge in [-0.2, -0.15) is 0 Å². The van der Waals surface area contributed by atoms with Crippen LogP contribution in [0.25, 0.3) is 0 Å². The first-order chi connectivity index (χ1) is 14.3. The fraction of sp³-hybridized carbons (Fsp3) is 0.731. The van der Waals surface area contributed by atoms with Gasteiger partial charge in [-0.15, -0.1) is 0 Å². The third-order valence-electron chi connectivity index (χ3n) is 7.80. The summed E-state index contributed by atoms with van der Waals surface area (Å²) in [5.41, 5.74) is 6.69. The van der Waals surface area contributed by atoms with E-state index in [-0.39, 0.29) is 5.91 Å². The van der Waals surface area contributed by atoms with Crippen molar-refractivity contribution in [3.05, 3.63) is 35.9 Å². The van der Waals surface area contributed by atoms with Crippen molar-refractivity contribution in [3.63, 3.8) is 0 Å². The van der Waals surface area contributed by atoms with Crippen LogP contribution < -0.4 is 5.73 Å². The number of primary amides is 1. The number of carbonyl (C=O) groups excluding carboxylic acids is 1. The molecule has 2 N–H and O–H groups in total. The Morgan fingerprint density at radius 1 is 1.07 bits per heavy atom. The minimum atomic E-state index is -0.572. The first kappa shape index (κ1) is 23.3. The Bertz CT molecular complexity index is 658. The highest BCUT2D eigenvalue weighted by Gasteiger charge is 2.40. The van der Waals surface area contributed by atoms with Gasteiger partial charge >= 0.3 is 0 Å². The molecule has 168 valence electrons. The van der Waals surface area contributed by atoms with E-state index >= 15 is 0 Å². The number of benzene rings is 1. The fourth-order valence-corrected chi connectivity index (χ4v) is 6.02. The van der Waals surface area contributed by atoms with Crippen LogP contribution in [0, 0.1) is 5.92 Å². The standard InChI is InChI=1S/C26H43N3O/c1-20(2)29(21(3)4)17-8-15-26(25(27)30,23-9-6-5-7-10-23)16-18-28-19-22-11-13-24(28)14-12-22/h5-7,9-10,20-22,24H,8,11-19H2,1-4H3,(H2,27,30). The molecule has 1 aliphatic carbocycles. The molecule has 1 aromatic carbocycles. The molecule has 1 saturated carbocycles. The van der Waals surface area contributed by atoms with Crippen molar-refractivity contribution in [3.8, 4) is 0 Å². The van der Waals surface area contributed by atoms with E-state index in [1.165, 1.54) is 32.2 Å². The fourth-order valence-electron chi connectivity index (χ4n) is 6.02. The summed E-state index contributed by atoms with van der Waals surface area (Å²) < 4.78 is 0. The predicted octanol–water partition coefficient (Wildman–Crippen LogP) is 4.57. The molecular formula is C26H43N3O. The Kier molecular flexibility index (Phi) is 7.98. The Hall–Kier alpha value is -1.39. The van der Waals surface area contributed by atoms with E-state index in [0.717, 1.165) is 43.8 Å². The number of hydrogen-bond donors (Lipinski definition) is 1. The molecule has 4 rings (SSSR count). The number of amides is 1. The van der Waals surface area contributed by atoms with Crippen molar-refractivity contribution in [2.75, 3.05) is 19.6 Å². The maximum atomic E-state index is 13.0. The lowest BCUT2D eigenvalue weighted by Crippen LogP contribution is -2.51. The Morgan fingerprint density at radius 3 is 2.20 bits per heavy atom. The summed E-state index contributed by atoms with van der Waals surface area (Å²) in [4.78, 5) is 18.2. The van der Waals surface area contributed by atoms with Gasteiger partial charge in [0, 0.05) is 24.7 Å². The highest BCUT2D eigenvalue weighted by atomic mass is 16.1. The van der Waals surface area contributed by atoms with Gasteiger partial charge in [0.05, 0.1) is 5.41 Å².